The molecule has 0 radical (unpaired) electrons. The summed E-state index contributed by atoms with van der Waals surface area (Å²) in [5, 5.41) is 0. The van der Waals surface area contributed by atoms with Gasteiger partial charge in [-0.3, -0.25) is 4.57 Å². The Hall–Kier alpha value is -1.94. The van der Waals surface area contributed by atoms with Gasteiger partial charge < -0.3 is 4.98 Å². The molecule has 0 bridgehead atoms. The number of benzene rings is 2. The Bertz CT molecular complexity index is 830. The van der Waals surface area contributed by atoms with Crippen molar-refractivity contribution in [1.29, 1.82) is 0 Å². The number of nitrogens with zero attached hydrogens (tertiary/aromatic N) is 1. The zero-order valence-corrected chi connectivity index (χ0v) is 11.5. The molecule has 3 aromatic rings. The van der Waals surface area contributed by atoms with Crippen molar-refractivity contribution in [1.82, 2.24) is 9.55 Å². The molecule has 0 fully saturated rings. The number of rotatable bonds is 1. The van der Waals surface area contributed by atoms with Crippen LogP contribution < -0.4 is 0 Å². The standard InChI is InChI=1S/C15H13FN2S/c1-9-6-7-11(8-12(9)16)18-14-10(2)4-3-5-13(14)17-15(18)19/h3-8H,1-2H3,(H,17,19). The highest BCUT2D eigenvalue weighted by Gasteiger charge is 2.09. The summed E-state index contributed by atoms with van der Waals surface area (Å²) in [5.41, 5.74) is 4.44. The van der Waals surface area contributed by atoms with Crippen LogP contribution in [0.25, 0.3) is 16.7 Å². The molecule has 0 aliphatic heterocycles. The van der Waals surface area contributed by atoms with Gasteiger partial charge in [-0.2, -0.15) is 0 Å². The number of halogens is 1. The van der Waals surface area contributed by atoms with Crippen molar-refractivity contribution in [2.75, 3.05) is 0 Å². The highest BCUT2D eigenvalue weighted by Crippen LogP contribution is 2.23. The smallest absolute Gasteiger partial charge is 0.182 e. The molecule has 0 aliphatic carbocycles. The molecule has 0 spiro atoms. The van der Waals surface area contributed by atoms with Gasteiger partial charge in [0.05, 0.1) is 16.7 Å². The molecular formula is C15H13FN2S. The maximum atomic E-state index is 13.7. The number of imidazole rings is 1. The van der Waals surface area contributed by atoms with E-state index in [1.165, 1.54) is 6.07 Å². The van der Waals surface area contributed by atoms with E-state index >= 15 is 0 Å². The van der Waals surface area contributed by atoms with E-state index in [0.29, 0.717) is 10.3 Å². The second-order valence-electron chi connectivity index (χ2n) is 4.67. The number of aromatic nitrogens is 2. The van der Waals surface area contributed by atoms with Crippen molar-refractivity contribution in [3.63, 3.8) is 0 Å². The summed E-state index contributed by atoms with van der Waals surface area (Å²) in [6, 6.07) is 11.1. The van der Waals surface area contributed by atoms with Gasteiger partial charge in [0.1, 0.15) is 5.82 Å². The van der Waals surface area contributed by atoms with E-state index in [0.717, 1.165) is 22.3 Å². The van der Waals surface area contributed by atoms with E-state index in [1.807, 2.05) is 35.8 Å². The second kappa shape index (κ2) is 4.31. The summed E-state index contributed by atoms with van der Waals surface area (Å²) in [7, 11) is 0. The summed E-state index contributed by atoms with van der Waals surface area (Å²) in [6.45, 7) is 3.77. The molecule has 1 heterocycles. The molecule has 0 unspecified atom stereocenters. The van der Waals surface area contributed by atoms with Crippen LogP contribution in [0.3, 0.4) is 0 Å². The minimum Gasteiger partial charge on any atom is -0.330 e. The minimum atomic E-state index is -0.220. The molecule has 1 aromatic heterocycles. The third kappa shape index (κ3) is 1.88. The molecule has 1 N–H and O–H groups in total. The maximum Gasteiger partial charge on any atom is 0.182 e. The molecule has 19 heavy (non-hydrogen) atoms. The average Bonchev–Trinajstić information content (AvgIpc) is 2.70. The Balaban J connectivity index is 2.39. The van der Waals surface area contributed by atoms with Gasteiger partial charge in [0, 0.05) is 0 Å². The van der Waals surface area contributed by atoms with E-state index in [2.05, 4.69) is 4.98 Å². The number of aryl methyl sites for hydroxylation is 2. The van der Waals surface area contributed by atoms with Crippen LogP contribution in [0.5, 0.6) is 0 Å². The topological polar surface area (TPSA) is 20.7 Å². The van der Waals surface area contributed by atoms with Gasteiger partial charge in [-0.1, -0.05) is 18.2 Å². The number of H-pyrrole nitrogens is 1. The third-order valence-corrected chi connectivity index (χ3v) is 3.60. The van der Waals surface area contributed by atoms with Crippen LogP contribution in [0.15, 0.2) is 36.4 Å². The molecule has 96 valence electrons. The summed E-state index contributed by atoms with van der Waals surface area (Å²) >= 11 is 5.36. The zero-order valence-electron chi connectivity index (χ0n) is 10.7. The van der Waals surface area contributed by atoms with E-state index in [-0.39, 0.29) is 5.82 Å². The second-order valence-corrected chi connectivity index (χ2v) is 5.06. The number of fused-ring (bicyclic) bond motifs is 1. The first-order valence-corrected chi connectivity index (χ1v) is 6.45. The minimum absolute atomic E-state index is 0.220. The van der Waals surface area contributed by atoms with E-state index in [1.54, 1.807) is 13.0 Å². The maximum absolute atomic E-state index is 13.7. The summed E-state index contributed by atoms with van der Waals surface area (Å²) < 4.78 is 16.2. The lowest BCUT2D eigenvalue weighted by Gasteiger charge is -2.07. The predicted octanol–water partition coefficient (Wildman–Crippen LogP) is 4.44. The van der Waals surface area contributed by atoms with Gasteiger partial charge in [0.15, 0.2) is 4.77 Å². The first kappa shape index (κ1) is 12.1. The van der Waals surface area contributed by atoms with E-state index in [9.17, 15) is 4.39 Å². The molecule has 0 saturated heterocycles. The van der Waals surface area contributed by atoms with Crippen molar-refractivity contribution in [2.45, 2.75) is 13.8 Å². The van der Waals surface area contributed by atoms with Crippen LogP contribution in [0.2, 0.25) is 0 Å². The highest BCUT2D eigenvalue weighted by molar-refractivity contribution is 7.71. The van der Waals surface area contributed by atoms with Crippen LogP contribution in [0.4, 0.5) is 4.39 Å². The van der Waals surface area contributed by atoms with Crippen LogP contribution in [-0.2, 0) is 0 Å². The van der Waals surface area contributed by atoms with E-state index < -0.39 is 0 Å². The quantitative estimate of drug-likeness (QED) is 0.649. The summed E-state index contributed by atoms with van der Waals surface area (Å²) in [6.07, 6.45) is 0. The fourth-order valence-corrected chi connectivity index (χ4v) is 2.60. The van der Waals surface area contributed by atoms with Crippen LogP contribution in [0.1, 0.15) is 11.1 Å². The van der Waals surface area contributed by atoms with Gasteiger partial charge in [0.2, 0.25) is 0 Å². The predicted molar refractivity (Wildman–Crippen MR) is 77.9 cm³/mol. The van der Waals surface area contributed by atoms with Crippen LogP contribution in [0, 0.1) is 24.4 Å². The molecule has 0 aliphatic rings. The normalized spacial score (nSPS) is 11.1. The highest BCUT2D eigenvalue weighted by atomic mass is 32.1. The SMILES string of the molecule is Cc1ccc(-n2c(=S)[nH]c3cccc(C)c32)cc1F. The Morgan fingerprint density at radius 2 is 1.89 bits per heavy atom. The Morgan fingerprint density at radius 3 is 2.63 bits per heavy atom. The molecule has 0 atom stereocenters. The molecule has 0 amide bonds. The van der Waals surface area contributed by atoms with Crippen LogP contribution in [-0.4, -0.2) is 9.55 Å². The van der Waals surface area contributed by atoms with Crippen molar-refractivity contribution in [3.8, 4) is 5.69 Å². The number of aromatic amines is 1. The molecule has 3 rings (SSSR count). The molecular weight excluding hydrogens is 259 g/mol. The summed E-state index contributed by atoms with van der Waals surface area (Å²) in [5.74, 6) is -0.220. The summed E-state index contributed by atoms with van der Waals surface area (Å²) in [4.78, 5) is 3.16. The van der Waals surface area contributed by atoms with Gasteiger partial charge >= 0.3 is 0 Å². The average molecular weight is 272 g/mol. The first-order valence-electron chi connectivity index (χ1n) is 6.05. The number of nitrogens with one attached hydrogen (secondary N) is 1. The number of hydrogen-bond acceptors (Lipinski definition) is 1. The number of para-hydroxylation sites is 1. The van der Waals surface area contributed by atoms with Crippen molar-refractivity contribution in [3.05, 3.63) is 58.1 Å². The molecule has 0 saturated carbocycles. The van der Waals surface area contributed by atoms with Gasteiger partial charge in [-0.05, 0) is 55.4 Å². The van der Waals surface area contributed by atoms with E-state index in [4.69, 9.17) is 12.2 Å². The fraction of sp³-hybridized carbons (Fsp3) is 0.133. The van der Waals surface area contributed by atoms with Crippen molar-refractivity contribution in [2.24, 2.45) is 0 Å². The van der Waals surface area contributed by atoms with Crippen molar-refractivity contribution < 1.29 is 4.39 Å². The Morgan fingerprint density at radius 1 is 1.11 bits per heavy atom. The molecule has 2 nitrogen and oxygen atoms in total. The van der Waals surface area contributed by atoms with Gasteiger partial charge in [-0.25, -0.2) is 4.39 Å². The third-order valence-electron chi connectivity index (χ3n) is 3.32. The lowest BCUT2D eigenvalue weighted by Crippen LogP contribution is -1.97. The van der Waals surface area contributed by atoms with Crippen molar-refractivity contribution >= 4 is 23.3 Å². The lowest BCUT2D eigenvalue weighted by atomic mass is 10.2. The monoisotopic (exact) mass is 272 g/mol. The van der Waals surface area contributed by atoms with Crippen LogP contribution >= 0.6 is 12.2 Å². The van der Waals surface area contributed by atoms with Gasteiger partial charge in [0.25, 0.3) is 0 Å². The van der Waals surface area contributed by atoms with Gasteiger partial charge in [-0.15, -0.1) is 0 Å². The Labute approximate surface area is 115 Å². The largest absolute Gasteiger partial charge is 0.330 e. The number of hydrogen-bond donors (Lipinski definition) is 1. The molecule has 4 heteroatoms. The zero-order chi connectivity index (χ0) is 13.6. The molecule has 2 aromatic carbocycles. The fourth-order valence-electron chi connectivity index (χ4n) is 2.30. The first-order chi connectivity index (χ1) is 9.08. The lowest BCUT2D eigenvalue weighted by molar-refractivity contribution is 0.617. The Kier molecular flexibility index (Phi) is 2.75.